The fourth-order valence-corrected chi connectivity index (χ4v) is 3.39. The molecule has 0 aliphatic heterocycles. The zero-order valence-electron chi connectivity index (χ0n) is 17.7. The lowest BCUT2D eigenvalue weighted by Crippen LogP contribution is -2.26. The molecular formula is C21H22ClN7O3. The van der Waals surface area contributed by atoms with Gasteiger partial charge in [0.25, 0.3) is 0 Å². The maximum atomic E-state index is 12.2. The minimum Gasteiger partial charge on any atom is -0.496 e. The average molecular weight is 456 g/mol. The number of rotatable bonds is 7. The number of aliphatic hydroxyl groups excluding tert-OH is 1. The van der Waals surface area contributed by atoms with Crippen LogP contribution in [0.3, 0.4) is 0 Å². The number of methoxy groups -OCH3 is 1. The Labute approximate surface area is 189 Å². The van der Waals surface area contributed by atoms with Crippen LogP contribution in [-0.2, 0) is 11.3 Å². The van der Waals surface area contributed by atoms with Crippen LogP contribution in [0, 0.1) is 0 Å². The third-order valence-electron chi connectivity index (χ3n) is 4.87. The summed E-state index contributed by atoms with van der Waals surface area (Å²) in [5.74, 6) is 0.421. The molecule has 0 spiro atoms. The number of amides is 1. The van der Waals surface area contributed by atoms with Crippen molar-refractivity contribution in [3.63, 3.8) is 0 Å². The van der Waals surface area contributed by atoms with Crippen molar-refractivity contribution in [2.24, 2.45) is 0 Å². The molecule has 1 unspecified atom stereocenters. The Hall–Kier alpha value is -3.63. The van der Waals surface area contributed by atoms with Crippen LogP contribution >= 0.6 is 11.6 Å². The van der Waals surface area contributed by atoms with Gasteiger partial charge < -0.3 is 20.1 Å². The summed E-state index contributed by atoms with van der Waals surface area (Å²) >= 11 is 6.22. The van der Waals surface area contributed by atoms with Crippen LogP contribution in [-0.4, -0.2) is 61.5 Å². The first kappa shape index (κ1) is 21.6. The minimum absolute atomic E-state index is 0.0267. The lowest BCUT2D eigenvalue weighted by molar-refractivity contribution is -0.129. The number of benzene rings is 1. The van der Waals surface area contributed by atoms with E-state index in [1.165, 1.54) is 9.58 Å². The van der Waals surface area contributed by atoms with E-state index < -0.39 is 6.23 Å². The van der Waals surface area contributed by atoms with Gasteiger partial charge in [-0.2, -0.15) is 10.2 Å². The van der Waals surface area contributed by atoms with Gasteiger partial charge in [-0.15, -0.1) is 0 Å². The largest absolute Gasteiger partial charge is 0.496 e. The molecule has 0 fully saturated rings. The average Bonchev–Trinajstić information content (AvgIpc) is 3.37. The Morgan fingerprint density at radius 3 is 2.94 bits per heavy atom. The van der Waals surface area contributed by atoms with E-state index >= 15 is 0 Å². The van der Waals surface area contributed by atoms with Gasteiger partial charge in [-0.05, 0) is 24.3 Å². The van der Waals surface area contributed by atoms with E-state index in [0.29, 0.717) is 38.9 Å². The van der Waals surface area contributed by atoms with Gasteiger partial charge in [0.2, 0.25) is 5.91 Å². The second-order valence-electron chi connectivity index (χ2n) is 7.26. The van der Waals surface area contributed by atoms with E-state index in [1.807, 2.05) is 0 Å². The topological polar surface area (TPSA) is 110 Å². The number of nitrogens with zero attached hydrogens (tertiary/aromatic N) is 6. The molecule has 3 heterocycles. The number of nitrogens with one attached hydrogen (secondary N) is 1. The van der Waals surface area contributed by atoms with Crippen LogP contribution in [0.15, 0.2) is 49.1 Å². The number of hydrogen-bond donors (Lipinski definition) is 2. The molecule has 0 bridgehead atoms. The third kappa shape index (κ3) is 4.23. The second kappa shape index (κ2) is 8.85. The molecule has 4 rings (SSSR count). The number of fused-ring (bicyclic) bond motifs is 1. The van der Waals surface area contributed by atoms with Gasteiger partial charge in [0, 0.05) is 43.3 Å². The number of hydrogen-bond acceptors (Lipinski definition) is 7. The van der Waals surface area contributed by atoms with Crippen molar-refractivity contribution >= 4 is 28.8 Å². The van der Waals surface area contributed by atoms with Crippen LogP contribution in [0.2, 0.25) is 5.02 Å². The van der Waals surface area contributed by atoms with E-state index in [0.717, 1.165) is 0 Å². The van der Waals surface area contributed by atoms with Crippen molar-refractivity contribution in [1.29, 1.82) is 0 Å². The smallest absolute Gasteiger partial charge is 0.243 e. The summed E-state index contributed by atoms with van der Waals surface area (Å²) in [4.78, 5) is 18.0. The number of aliphatic hydroxyl groups is 1. The van der Waals surface area contributed by atoms with Gasteiger partial charge in [-0.3, -0.25) is 9.48 Å². The zero-order valence-corrected chi connectivity index (χ0v) is 18.5. The van der Waals surface area contributed by atoms with E-state index in [1.54, 1.807) is 74.8 Å². The van der Waals surface area contributed by atoms with Crippen LogP contribution in [0.1, 0.15) is 11.8 Å². The second-order valence-corrected chi connectivity index (χ2v) is 7.69. The quantitative estimate of drug-likeness (QED) is 0.412. The molecule has 0 saturated carbocycles. The molecule has 0 aliphatic rings. The molecule has 0 aliphatic carbocycles. The van der Waals surface area contributed by atoms with Crippen molar-refractivity contribution in [2.45, 2.75) is 12.8 Å². The normalized spacial score (nSPS) is 12.0. The number of likely N-dealkylation sites (N-methyl/N-ethyl adjacent to an activating group) is 1. The highest BCUT2D eigenvalue weighted by Crippen LogP contribution is 2.37. The van der Waals surface area contributed by atoms with Crippen LogP contribution in [0.25, 0.3) is 16.9 Å². The van der Waals surface area contributed by atoms with Crippen LogP contribution in [0.5, 0.6) is 5.75 Å². The molecule has 1 aromatic carbocycles. The van der Waals surface area contributed by atoms with Crippen LogP contribution in [0.4, 0.5) is 5.69 Å². The molecule has 4 aromatic rings. The highest BCUT2D eigenvalue weighted by atomic mass is 35.5. The maximum absolute atomic E-state index is 12.2. The van der Waals surface area contributed by atoms with Crippen molar-refractivity contribution in [3.8, 4) is 17.0 Å². The first-order valence-electron chi connectivity index (χ1n) is 9.71. The molecule has 11 heteroatoms. The predicted octanol–water partition coefficient (Wildman–Crippen LogP) is 2.45. The summed E-state index contributed by atoms with van der Waals surface area (Å²) in [5.41, 5.74) is 2.58. The third-order valence-corrected chi connectivity index (χ3v) is 5.10. The first-order chi connectivity index (χ1) is 15.4. The van der Waals surface area contributed by atoms with Gasteiger partial charge in [0.1, 0.15) is 18.0 Å². The Kier molecular flexibility index (Phi) is 5.97. The minimum atomic E-state index is -1.13. The fraction of sp³-hybridized carbons (Fsp3) is 0.238. The summed E-state index contributed by atoms with van der Waals surface area (Å²) < 4.78 is 8.55. The van der Waals surface area contributed by atoms with E-state index in [4.69, 9.17) is 16.3 Å². The molecule has 166 valence electrons. The van der Waals surface area contributed by atoms with Crippen molar-refractivity contribution in [3.05, 3.63) is 59.6 Å². The first-order valence-corrected chi connectivity index (χ1v) is 10.1. The standard InChI is InChI=1S/C21H22ClN7O3/c1-27(2)18(30)12-28-11-16(19(26-28)14-9-13(22)5-6-17(14)32-3)25-21(31)15-10-24-29-8-4-7-23-20(15)29/h4-11,21,25,31H,12H2,1-3H3. The molecule has 2 N–H and O–H groups in total. The van der Waals surface area contributed by atoms with E-state index in [-0.39, 0.29) is 12.5 Å². The summed E-state index contributed by atoms with van der Waals surface area (Å²) in [6, 6.07) is 6.91. The lowest BCUT2D eigenvalue weighted by atomic mass is 10.1. The number of anilines is 1. The Morgan fingerprint density at radius 1 is 1.38 bits per heavy atom. The molecule has 0 radical (unpaired) electrons. The van der Waals surface area contributed by atoms with Crippen molar-refractivity contribution in [2.75, 3.05) is 26.5 Å². The molecule has 1 atom stereocenters. The number of halogens is 1. The highest BCUT2D eigenvalue weighted by molar-refractivity contribution is 6.31. The maximum Gasteiger partial charge on any atom is 0.243 e. The zero-order chi connectivity index (χ0) is 22.8. The summed E-state index contributed by atoms with van der Waals surface area (Å²) in [6.07, 6.45) is 5.43. The number of ether oxygens (including phenoxy) is 1. The Bertz CT molecular complexity index is 1270. The number of carbonyl (C=O) groups is 1. The van der Waals surface area contributed by atoms with Gasteiger partial charge >= 0.3 is 0 Å². The predicted molar refractivity (Wildman–Crippen MR) is 119 cm³/mol. The van der Waals surface area contributed by atoms with Gasteiger partial charge in [-0.25, -0.2) is 9.50 Å². The van der Waals surface area contributed by atoms with Gasteiger partial charge in [0.15, 0.2) is 11.9 Å². The van der Waals surface area contributed by atoms with E-state index in [2.05, 4.69) is 20.5 Å². The monoisotopic (exact) mass is 455 g/mol. The highest BCUT2D eigenvalue weighted by Gasteiger charge is 2.21. The molecular weight excluding hydrogens is 434 g/mol. The Balaban J connectivity index is 1.75. The summed E-state index contributed by atoms with van der Waals surface area (Å²) in [5, 5.41) is 23.2. The van der Waals surface area contributed by atoms with Gasteiger partial charge in [-0.1, -0.05) is 11.6 Å². The summed E-state index contributed by atoms with van der Waals surface area (Å²) in [7, 11) is 4.90. The number of aromatic nitrogens is 5. The number of carbonyl (C=O) groups excluding carboxylic acids is 1. The molecule has 3 aromatic heterocycles. The fourth-order valence-electron chi connectivity index (χ4n) is 3.22. The van der Waals surface area contributed by atoms with E-state index in [9.17, 15) is 9.90 Å². The van der Waals surface area contributed by atoms with Gasteiger partial charge in [0.05, 0.1) is 24.6 Å². The SMILES string of the molecule is COc1ccc(Cl)cc1-c1nn(CC(=O)N(C)C)cc1NC(O)c1cnn2cccnc12. The Morgan fingerprint density at radius 2 is 2.19 bits per heavy atom. The van der Waals surface area contributed by atoms with Crippen LogP contribution < -0.4 is 10.1 Å². The van der Waals surface area contributed by atoms with Crippen molar-refractivity contribution < 1.29 is 14.6 Å². The molecule has 0 saturated heterocycles. The molecule has 10 nitrogen and oxygen atoms in total. The molecule has 1 amide bonds. The van der Waals surface area contributed by atoms with Crippen molar-refractivity contribution in [1.82, 2.24) is 29.3 Å². The lowest BCUT2D eigenvalue weighted by Gasteiger charge is -2.14. The molecule has 32 heavy (non-hydrogen) atoms. The summed E-state index contributed by atoms with van der Waals surface area (Å²) in [6.45, 7) is 0.0267.